The van der Waals surface area contributed by atoms with Gasteiger partial charge in [0.2, 0.25) is 0 Å². The molecule has 2 atom stereocenters. The summed E-state index contributed by atoms with van der Waals surface area (Å²) in [6.07, 6.45) is 1.65. The number of ether oxygens (including phenoxy) is 2. The monoisotopic (exact) mass is 247 g/mol. The van der Waals surface area contributed by atoms with Gasteiger partial charge in [0.05, 0.1) is 38.6 Å². The van der Waals surface area contributed by atoms with Crippen molar-refractivity contribution in [3.8, 4) is 0 Å². The van der Waals surface area contributed by atoms with Crippen molar-refractivity contribution >= 4 is 0 Å². The van der Waals surface area contributed by atoms with Gasteiger partial charge in [-0.05, 0) is 6.42 Å². The second-order valence-electron chi connectivity index (χ2n) is 4.49. The number of aliphatic hydroxyl groups excluding tert-OH is 2. The van der Waals surface area contributed by atoms with E-state index in [9.17, 15) is 10.2 Å². The highest BCUT2D eigenvalue weighted by molar-refractivity contribution is 4.76. The SMILES string of the molecule is CCCCOCC(O)CN1CCOCC1CO. The first kappa shape index (κ1) is 14.9. The molecular formula is C12H25NO4. The maximum Gasteiger partial charge on any atom is 0.0900 e. The minimum atomic E-state index is -0.487. The van der Waals surface area contributed by atoms with Gasteiger partial charge in [0.15, 0.2) is 0 Å². The Morgan fingerprint density at radius 2 is 2.35 bits per heavy atom. The van der Waals surface area contributed by atoms with Crippen LogP contribution in [0.1, 0.15) is 19.8 Å². The molecule has 1 rings (SSSR count). The molecule has 0 aromatic heterocycles. The molecule has 0 aromatic carbocycles. The molecular weight excluding hydrogens is 222 g/mol. The molecule has 2 N–H and O–H groups in total. The van der Waals surface area contributed by atoms with E-state index in [4.69, 9.17) is 9.47 Å². The zero-order valence-electron chi connectivity index (χ0n) is 10.7. The smallest absolute Gasteiger partial charge is 0.0900 e. The predicted molar refractivity (Wildman–Crippen MR) is 65.0 cm³/mol. The fourth-order valence-corrected chi connectivity index (χ4v) is 1.89. The maximum absolute atomic E-state index is 9.82. The number of hydrogen-bond acceptors (Lipinski definition) is 5. The average molecular weight is 247 g/mol. The van der Waals surface area contributed by atoms with Gasteiger partial charge < -0.3 is 19.7 Å². The van der Waals surface area contributed by atoms with Gasteiger partial charge >= 0.3 is 0 Å². The van der Waals surface area contributed by atoms with Crippen LogP contribution in [0.2, 0.25) is 0 Å². The van der Waals surface area contributed by atoms with Crippen LogP contribution in [0.4, 0.5) is 0 Å². The van der Waals surface area contributed by atoms with Crippen molar-refractivity contribution in [1.82, 2.24) is 4.90 Å². The topological polar surface area (TPSA) is 62.2 Å². The van der Waals surface area contributed by atoms with Crippen molar-refractivity contribution in [2.75, 3.05) is 46.1 Å². The molecule has 1 aliphatic heterocycles. The first-order chi connectivity index (χ1) is 8.27. The van der Waals surface area contributed by atoms with E-state index < -0.39 is 6.10 Å². The molecule has 0 spiro atoms. The van der Waals surface area contributed by atoms with Crippen LogP contribution in [0.3, 0.4) is 0 Å². The highest BCUT2D eigenvalue weighted by Crippen LogP contribution is 2.07. The average Bonchev–Trinajstić information content (AvgIpc) is 2.35. The Kier molecular flexibility index (Phi) is 7.72. The first-order valence-electron chi connectivity index (χ1n) is 6.46. The van der Waals surface area contributed by atoms with Crippen LogP contribution in [0.15, 0.2) is 0 Å². The quantitative estimate of drug-likeness (QED) is 0.584. The molecule has 17 heavy (non-hydrogen) atoms. The van der Waals surface area contributed by atoms with Gasteiger partial charge in [0.1, 0.15) is 0 Å². The van der Waals surface area contributed by atoms with E-state index in [1.54, 1.807) is 0 Å². The van der Waals surface area contributed by atoms with Gasteiger partial charge in [0.25, 0.3) is 0 Å². The van der Waals surface area contributed by atoms with Crippen molar-refractivity contribution in [3.05, 3.63) is 0 Å². The van der Waals surface area contributed by atoms with E-state index in [1.807, 2.05) is 0 Å². The number of aliphatic hydroxyl groups is 2. The number of hydrogen-bond donors (Lipinski definition) is 2. The normalized spacial score (nSPS) is 23.8. The van der Waals surface area contributed by atoms with E-state index >= 15 is 0 Å². The largest absolute Gasteiger partial charge is 0.395 e. The third kappa shape index (κ3) is 5.79. The highest BCUT2D eigenvalue weighted by atomic mass is 16.5. The van der Waals surface area contributed by atoms with Crippen LogP contribution in [-0.2, 0) is 9.47 Å². The molecule has 0 amide bonds. The predicted octanol–water partition coefficient (Wildman–Crippen LogP) is -0.143. The fourth-order valence-electron chi connectivity index (χ4n) is 1.89. The van der Waals surface area contributed by atoms with Gasteiger partial charge in [-0.1, -0.05) is 13.3 Å². The maximum atomic E-state index is 9.82. The number of morpholine rings is 1. The Bertz CT molecular complexity index is 191. The van der Waals surface area contributed by atoms with Crippen molar-refractivity contribution in [1.29, 1.82) is 0 Å². The van der Waals surface area contributed by atoms with Crippen molar-refractivity contribution < 1.29 is 19.7 Å². The highest BCUT2D eigenvalue weighted by Gasteiger charge is 2.24. The number of rotatable bonds is 8. The number of nitrogens with zero attached hydrogens (tertiary/aromatic N) is 1. The van der Waals surface area contributed by atoms with Gasteiger partial charge in [-0.3, -0.25) is 4.90 Å². The summed E-state index contributed by atoms with van der Waals surface area (Å²) in [4.78, 5) is 2.07. The first-order valence-corrected chi connectivity index (χ1v) is 6.46. The molecule has 1 heterocycles. The van der Waals surface area contributed by atoms with Crippen LogP contribution in [0.25, 0.3) is 0 Å². The lowest BCUT2D eigenvalue weighted by molar-refractivity contribution is -0.0557. The van der Waals surface area contributed by atoms with Crippen LogP contribution >= 0.6 is 0 Å². The molecule has 0 radical (unpaired) electrons. The molecule has 2 unspecified atom stereocenters. The van der Waals surface area contributed by atoms with Crippen LogP contribution in [0, 0.1) is 0 Å². The summed E-state index contributed by atoms with van der Waals surface area (Å²) < 4.78 is 10.7. The summed E-state index contributed by atoms with van der Waals surface area (Å²) in [5, 5.41) is 19.0. The molecule has 0 bridgehead atoms. The zero-order valence-corrected chi connectivity index (χ0v) is 10.7. The fraction of sp³-hybridized carbons (Fsp3) is 1.00. The molecule has 0 saturated carbocycles. The van der Waals surface area contributed by atoms with E-state index in [0.717, 1.165) is 19.4 Å². The van der Waals surface area contributed by atoms with E-state index in [2.05, 4.69) is 11.8 Å². The minimum absolute atomic E-state index is 0.00837. The van der Waals surface area contributed by atoms with Gasteiger partial charge in [-0.2, -0.15) is 0 Å². The summed E-state index contributed by atoms with van der Waals surface area (Å²) in [6, 6.07) is 0.00837. The molecule has 0 aliphatic carbocycles. The molecule has 1 fully saturated rings. The Morgan fingerprint density at radius 1 is 1.53 bits per heavy atom. The third-order valence-corrected chi connectivity index (χ3v) is 2.96. The lowest BCUT2D eigenvalue weighted by atomic mass is 10.2. The minimum Gasteiger partial charge on any atom is -0.395 e. The van der Waals surface area contributed by atoms with Crippen LogP contribution in [0.5, 0.6) is 0 Å². The number of unbranched alkanes of at least 4 members (excludes halogenated alkanes) is 1. The molecule has 0 aromatic rings. The van der Waals surface area contributed by atoms with Crippen molar-refractivity contribution in [2.24, 2.45) is 0 Å². The summed E-state index contributed by atoms with van der Waals surface area (Å²) in [6.45, 7) is 5.77. The van der Waals surface area contributed by atoms with Gasteiger partial charge in [0, 0.05) is 19.7 Å². The molecule has 5 heteroatoms. The zero-order chi connectivity index (χ0) is 12.5. The molecule has 102 valence electrons. The van der Waals surface area contributed by atoms with Gasteiger partial charge in [-0.15, -0.1) is 0 Å². The van der Waals surface area contributed by atoms with Crippen LogP contribution < -0.4 is 0 Å². The summed E-state index contributed by atoms with van der Waals surface area (Å²) >= 11 is 0. The Balaban J connectivity index is 2.16. The Morgan fingerprint density at radius 3 is 3.06 bits per heavy atom. The summed E-state index contributed by atoms with van der Waals surface area (Å²) in [7, 11) is 0. The Hall–Kier alpha value is -0.200. The third-order valence-electron chi connectivity index (χ3n) is 2.96. The summed E-state index contributed by atoms with van der Waals surface area (Å²) in [5.74, 6) is 0. The second-order valence-corrected chi connectivity index (χ2v) is 4.49. The molecule has 5 nitrogen and oxygen atoms in total. The lowest BCUT2D eigenvalue weighted by Crippen LogP contribution is -2.50. The summed E-state index contributed by atoms with van der Waals surface area (Å²) in [5.41, 5.74) is 0. The van der Waals surface area contributed by atoms with Crippen molar-refractivity contribution in [3.63, 3.8) is 0 Å². The van der Waals surface area contributed by atoms with Gasteiger partial charge in [-0.25, -0.2) is 0 Å². The van der Waals surface area contributed by atoms with E-state index in [1.165, 1.54) is 0 Å². The molecule has 1 saturated heterocycles. The second kappa shape index (κ2) is 8.83. The number of β-amino-alcohol motifs (C(OH)–C–C–N with tert-alkyl or cyclic N) is 1. The Labute approximate surface area is 103 Å². The molecule has 1 aliphatic rings. The van der Waals surface area contributed by atoms with Crippen LogP contribution in [-0.4, -0.2) is 73.4 Å². The van der Waals surface area contributed by atoms with E-state index in [0.29, 0.717) is 33.0 Å². The van der Waals surface area contributed by atoms with Crippen molar-refractivity contribution in [2.45, 2.75) is 31.9 Å². The lowest BCUT2D eigenvalue weighted by Gasteiger charge is -2.35. The standard InChI is InChI=1S/C12H25NO4/c1-2-3-5-16-10-12(15)7-13-4-6-17-9-11(13)8-14/h11-12,14-15H,2-10H2,1H3. The van der Waals surface area contributed by atoms with E-state index in [-0.39, 0.29) is 12.6 Å².